The van der Waals surface area contributed by atoms with Gasteiger partial charge in [0.1, 0.15) is 11.8 Å². The number of benzene rings is 1. The van der Waals surface area contributed by atoms with Crippen LogP contribution in [-0.4, -0.2) is 40.5 Å². The maximum atomic E-state index is 12.5. The molecule has 8 heteroatoms. The molecule has 2 heterocycles. The molecule has 1 aliphatic heterocycles. The summed E-state index contributed by atoms with van der Waals surface area (Å²) in [4.78, 5) is 37.9. The van der Waals surface area contributed by atoms with E-state index >= 15 is 0 Å². The second-order valence-electron chi connectivity index (χ2n) is 6.37. The van der Waals surface area contributed by atoms with Gasteiger partial charge < -0.3 is 19.9 Å². The summed E-state index contributed by atoms with van der Waals surface area (Å²) in [5.41, 5.74) is 1.75. The molecule has 0 aliphatic carbocycles. The topological polar surface area (TPSA) is 92.7 Å². The van der Waals surface area contributed by atoms with Crippen molar-refractivity contribution in [2.75, 3.05) is 7.11 Å². The summed E-state index contributed by atoms with van der Waals surface area (Å²) in [6.45, 7) is 0.517. The third-order valence-electron chi connectivity index (χ3n) is 4.51. The quantitative estimate of drug-likeness (QED) is 0.716. The molecule has 4 amide bonds. The highest BCUT2D eigenvalue weighted by atomic mass is 16.5. The van der Waals surface area contributed by atoms with Crippen LogP contribution in [0.3, 0.4) is 0 Å². The van der Waals surface area contributed by atoms with Gasteiger partial charge in [0.25, 0.3) is 5.91 Å². The number of imide groups is 1. The Morgan fingerprint density at radius 3 is 2.59 bits per heavy atom. The van der Waals surface area contributed by atoms with Crippen LogP contribution in [0.5, 0.6) is 5.75 Å². The highest BCUT2D eigenvalue weighted by Gasteiger charge is 2.38. The molecule has 0 spiro atoms. The summed E-state index contributed by atoms with van der Waals surface area (Å²) in [5, 5.41) is 5.35. The molecule has 1 aromatic carbocycles. The van der Waals surface area contributed by atoms with Crippen molar-refractivity contribution in [1.29, 1.82) is 0 Å². The van der Waals surface area contributed by atoms with E-state index in [1.165, 1.54) is 0 Å². The van der Waals surface area contributed by atoms with Gasteiger partial charge in [0.2, 0.25) is 5.91 Å². The van der Waals surface area contributed by atoms with E-state index < -0.39 is 18.0 Å². The van der Waals surface area contributed by atoms with E-state index in [-0.39, 0.29) is 18.9 Å². The molecule has 2 N–H and O–H groups in total. The number of methoxy groups -OCH3 is 1. The number of hydrogen-bond donors (Lipinski definition) is 2. The molecule has 27 heavy (non-hydrogen) atoms. The molecule has 1 fully saturated rings. The molecule has 2 aromatic rings. The number of rotatable bonds is 7. The average Bonchev–Trinajstić information content (AvgIpc) is 3.18. The van der Waals surface area contributed by atoms with Crippen LogP contribution in [0.25, 0.3) is 0 Å². The fourth-order valence-corrected chi connectivity index (χ4v) is 2.91. The molecule has 1 saturated heterocycles. The SMILES string of the molecule is COc1ccc(CN2C(=O)N[C@H](CC(=O)NCc3cccn3C)C2=O)cc1. The number of amides is 4. The molecule has 0 saturated carbocycles. The van der Waals surface area contributed by atoms with E-state index in [1.807, 2.05) is 29.9 Å². The predicted octanol–water partition coefficient (Wildman–Crippen LogP) is 1.16. The first-order valence-corrected chi connectivity index (χ1v) is 8.59. The number of aromatic nitrogens is 1. The molecular formula is C19H22N4O4. The Labute approximate surface area is 157 Å². The van der Waals surface area contributed by atoms with Crippen molar-refractivity contribution in [3.05, 3.63) is 53.9 Å². The largest absolute Gasteiger partial charge is 0.497 e. The van der Waals surface area contributed by atoms with E-state index in [9.17, 15) is 14.4 Å². The van der Waals surface area contributed by atoms with Crippen molar-refractivity contribution in [3.63, 3.8) is 0 Å². The Bertz CT molecular complexity index is 844. The van der Waals surface area contributed by atoms with Gasteiger partial charge in [-0.1, -0.05) is 12.1 Å². The third kappa shape index (κ3) is 4.28. The molecular weight excluding hydrogens is 348 g/mol. The van der Waals surface area contributed by atoms with Gasteiger partial charge in [0.15, 0.2) is 0 Å². The Hall–Kier alpha value is -3.29. The minimum Gasteiger partial charge on any atom is -0.497 e. The molecule has 0 radical (unpaired) electrons. The van der Waals surface area contributed by atoms with Crippen LogP contribution in [0.2, 0.25) is 0 Å². The zero-order valence-electron chi connectivity index (χ0n) is 15.3. The lowest BCUT2D eigenvalue weighted by atomic mass is 10.1. The van der Waals surface area contributed by atoms with Gasteiger partial charge >= 0.3 is 6.03 Å². The fraction of sp³-hybridized carbons (Fsp3) is 0.316. The zero-order valence-corrected chi connectivity index (χ0v) is 15.3. The van der Waals surface area contributed by atoms with Crippen molar-refractivity contribution in [2.45, 2.75) is 25.6 Å². The van der Waals surface area contributed by atoms with Gasteiger partial charge in [0, 0.05) is 18.9 Å². The van der Waals surface area contributed by atoms with Gasteiger partial charge in [-0.3, -0.25) is 14.5 Å². The number of carbonyl (C=O) groups is 3. The first-order chi connectivity index (χ1) is 13.0. The highest BCUT2D eigenvalue weighted by Crippen LogP contribution is 2.17. The van der Waals surface area contributed by atoms with Crippen LogP contribution in [0, 0.1) is 0 Å². The maximum absolute atomic E-state index is 12.5. The fourth-order valence-electron chi connectivity index (χ4n) is 2.91. The van der Waals surface area contributed by atoms with E-state index in [2.05, 4.69) is 10.6 Å². The van der Waals surface area contributed by atoms with Crippen LogP contribution in [0.15, 0.2) is 42.6 Å². The van der Waals surface area contributed by atoms with Crippen molar-refractivity contribution < 1.29 is 19.1 Å². The minimum absolute atomic E-state index is 0.0892. The molecule has 0 bridgehead atoms. The summed E-state index contributed by atoms with van der Waals surface area (Å²) in [6.07, 6.45) is 1.80. The Morgan fingerprint density at radius 2 is 1.96 bits per heavy atom. The predicted molar refractivity (Wildman–Crippen MR) is 97.7 cm³/mol. The maximum Gasteiger partial charge on any atom is 0.325 e. The van der Waals surface area contributed by atoms with Crippen molar-refractivity contribution >= 4 is 17.8 Å². The van der Waals surface area contributed by atoms with Crippen molar-refractivity contribution in [2.24, 2.45) is 7.05 Å². The highest BCUT2D eigenvalue weighted by molar-refractivity contribution is 6.05. The summed E-state index contributed by atoms with van der Waals surface area (Å²) in [7, 11) is 3.46. The minimum atomic E-state index is -0.843. The molecule has 8 nitrogen and oxygen atoms in total. The number of carbonyl (C=O) groups excluding carboxylic acids is 3. The number of ether oxygens (including phenoxy) is 1. The van der Waals surface area contributed by atoms with Crippen LogP contribution in [0.1, 0.15) is 17.7 Å². The summed E-state index contributed by atoms with van der Waals surface area (Å²) in [5.74, 6) is 0.00898. The van der Waals surface area contributed by atoms with E-state index in [0.29, 0.717) is 12.3 Å². The van der Waals surface area contributed by atoms with Crippen LogP contribution in [-0.2, 0) is 29.7 Å². The first kappa shape index (κ1) is 18.5. The smallest absolute Gasteiger partial charge is 0.325 e. The number of nitrogens with one attached hydrogen (secondary N) is 2. The summed E-state index contributed by atoms with van der Waals surface area (Å²) in [6, 6.07) is 9.57. The monoisotopic (exact) mass is 370 g/mol. The zero-order chi connectivity index (χ0) is 19.4. The molecule has 3 rings (SSSR count). The van der Waals surface area contributed by atoms with Crippen LogP contribution >= 0.6 is 0 Å². The number of hydrogen-bond acceptors (Lipinski definition) is 4. The number of urea groups is 1. The molecule has 1 atom stereocenters. The second-order valence-corrected chi connectivity index (χ2v) is 6.37. The van der Waals surface area contributed by atoms with E-state index in [0.717, 1.165) is 16.2 Å². The van der Waals surface area contributed by atoms with Gasteiger partial charge in [-0.25, -0.2) is 4.79 Å². The number of nitrogens with zero attached hydrogens (tertiary/aromatic N) is 2. The first-order valence-electron chi connectivity index (χ1n) is 8.59. The van der Waals surface area contributed by atoms with Crippen LogP contribution in [0.4, 0.5) is 4.79 Å². The van der Waals surface area contributed by atoms with E-state index in [4.69, 9.17) is 4.74 Å². The Kier molecular flexibility index (Phi) is 5.44. The lowest BCUT2D eigenvalue weighted by Gasteiger charge is -2.13. The van der Waals surface area contributed by atoms with Gasteiger partial charge in [-0.2, -0.15) is 0 Å². The summed E-state index contributed by atoms with van der Waals surface area (Å²) < 4.78 is 7.00. The van der Waals surface area contributed by atoms with Gasteiger partial charge in [-0.15, -0.1) is 0 Å². The lowest BCUT2D eigenvalue weighted by molar-refractivity contribution is -0.131. The van der Waals surface area contributed by atoms with Crippen molar-refractivity contribution in [1.82, 2.24) is 20.1 Å². The van der Waals surface area contributed by atoms with Gasteiger partial charge in [0.05, 0.1) is 26.6 Å². The molecule has 0 unspecified atom stereocenters. The average molecular weight is 370 g/mol. The Balaban J connectivity index is 1.55. The second kappa shape index (κ2) is 7.94. The van der Waals surface area contributed by atoms with Crippen molar-refractivity contribution in [3.8, 4) is 5.75 Å². The van der Waals surface area contributed by atoms with Gasteiger partial charge in [-0.05, 0) is 29.8 Å². The van der Waals surface area contributed by atoms with E-state index in [1.54, 1.807) is 31.4 Å². The lowest BCUT2D eigenvalue weighted by Crippen LogP contribution is -2.36. The number of aryl methyl sites for hydroxylation is 1. The summed E-state index contributed by atoms with van der Waals surface area (Å²) >= 11 is 0. The van der Waals surface area contributed by atoms with Crippen LogP contribution < -0.4 is 15.4 Å². The standard InChI is InChI=1S/C19H22N4O4/c1-22-9-3-4-14(22)11-20-17(24)10-16-18(25)23(19(26)21-16)12-13-5-7-15(27-2)8-6-13/h3-9,16H,10-12H2,1-2H3,(H,20,24)(H,21,26)/t16-/m1/s1. The Morgan fingerprint density at radius 1 is 1.22 bits per heavy atom. The molecule has 142 valence electrons. The molecule has 1 aliphatic rings. The third-order valence-corrected chi connectivity index (χ3v) is 4.51. The normalized spacial score (nSPS) is 16.4. The molecule has 1 aromatic heterocycles.